The largest absolute Gasteiger partial charge is 0.257 e. The van der Waals surface area contributed by atoms with Crippen LogP contribution in [0.2, 0.25) is 0 Å². The Morgan fingerprint density at radius 1 is 0.720 bits per heavy atom. The van der Waals surface area contributed by atoms with Gasteiger partial charge in [-0.15, -0.1) is 0 Å². The summed E-state index contributed by atoms with van der Waals surface area (Å²) in [5.41, 5.74) is 12.5. The molecule has 0 radical (unpaired) electrons. The fraction of sp³-hybridized carbons (Fsp3) is 0.204. The fourth-order valence-electron chi connectivity index (χ4n) is 7.78. The van der Waals surface area contributed by atoms with Crippen LogP contribution in [-0.4, -0.2) is 5.71 Å². The van der Waals surface area contributed by atoms with E-state index in [2.05, 4.69) is 183 Å². The highest BCUT2D eigenvalue weighted by atomic mass is 14.8. The molecule has 3 aliphatic carbocycles. The molecule has 1 heteroatoms. The van der Waals surface area contributed by atoms with E-state index in [4.69, 9.17) is 4.99 Å². The normalized spacial score (nSPS) is 22.2. The number of benzene rings is 4. The Kier molecular flexibility index (Phi) is 10.6. The SMILES string of the molecule is C=C(/C=C(\N=C(CC)C1C=CC(c2ccc(C3C(c4ccccc4)=CC=CC3c3ccccc3)cc2)CC1)c1ccccc1)C1=CC=CCC1. The molecule has 3 aliphatic rings. The van der Waals surface area contributed by atoms with Gasteiger partial charge in [0.15, 0.2) is 0 Å². The van der Waals surface area contributed by atoms with Crippen molar-refractivity contribution in [3.63, 3.8) is 0 Å². The Morgan fingerprint density at radius 3 is 2.08 bits per heavy atom. The summed E-state index contributed by atoms with van der Waals surface area (Å²) >= 11 is 0. The minimum Gasteiger partial charge on any atom is -0.257 e. The highest BCUT2D eigenvalue weighted by Crippen LogP contribution is 2.46. The maximum absolute atomic E-state index is 5.36. The van der Waals surface area contributed by atoms with E-state index in [9.17, 15) is 0 Å². The average molecular weight is 650 g/mol. The van der Waals surface area contributed by atoms with E-state index in [1.807, 2.05) is 0 Å². The first-order chi connectivity index (χ1) is 24.7. The predicted octanol–water partition coefficient (Wildman–Crippen LogP) is 13.0. The molecular formula is C49H47N. The van der Waals surface area contributed by atoms with Crippen LogP contribution >= 0.6 is 0 Å². The third kappa shape index (κ3) is 7.63. The Hall–Kier alpha value is -5.27. The molecule has 4 unspecified atom stereocenters. The quantitative estimate of drug-likeness (QED) is 0.0921. The van der Waals surface area contributed by atoms with Gasteiger partial charge in [0.1, 0.15) is 0 Å². The third-order valence-corrected chi connectivity index (χ3v) is 10.5. The summed E-state index contributed by atoms with van der Waals surface area (Å²) in [6.07, 6.45) is 25.8. The van der Waals surface area contributed by atoms with Crippen molar-refractivity contribution < 1.29 is 0 Å². The lowest BCUT2D eigenvalue weighted by atomic mass is 9.72. The summed E-state index contributed by atoms with van der Waals surface area (Å²) in [6.45, 7) is 6.68. The van der Waals surface area contributed by atoms with Crippen molar-refractivity contribution in [3.8, 4) is 0 Å². The second-order valence-corrected chi connectivity index (χ2v) is 13.7. The second-order valence-electron chi connectivity index (χ2n) is 13.7. The number of allylic oxidation sites excluding steroid dienone is 12. The van der Waals surface area contributed by atoms with E-state index >= 15 is 0 Å². The molecule has 0 N–H and O–H groups in total. The molecule has 248 valence electrons. The van der Waals surface area contributed by atoms with Gasteiger partial charge in [0.05, 0.1) is 5.70 Å². The van der Waals surface area contributed by atoms with E-state index in [-0.39, 0.29) is 11.8 Å². The van der Waals surface area contributed by atoms with Gasteiger partial charge in [0, 0.05) is 34.9 Å². The maximum Gasteiger partial charge on any atom is 0.0707 e. The van der Waals surface area contributed by atoms with Gasteiger partial charge >= 0.3 is 0 Å². The van der Waals surface area contributed by atoms with Crippen molar-refractivity contribution >= 4 is 17.0 Å². The Balaban J connectivity index is 1.12. The van der Waals surface area contributed by atoms with Crippen molar-refractivity contribution in [2.75, 3.05) is 0 Å². The first-order valence-corrected chi connectivity index (χ1v) is 18.3. The molecule has 4 aromatic carbocycles. The number of nitrogens with zero attached hydrogens (tertiary/aromatic N) is 1. The van der Waals surface area contributed by atoms with Gasteiger partial charge < -0.3 is 0 Å². The first-order valence-electron chi connectivity index (χ1n) is 18.3. The number of hydrogen-bond donors (Lipinski definition) is 0. The van der Waals surface area contributed by atoms with E-state index in [1.165, 1.54) is 39.1 Å². The van der Waals surface area contributed by atoms with Crippen LogP contribution in [0.1, 0.15) is 84.6 Å². The van der Waals surface area contributed by atoms with E-state index in [1.54, 1.807) is 0 Å². The molecule has 4 atom stereocenters. The summed E-state index contributed by atoms with van der Waals surface area (Å²) in [4.78, 5) is 5.36. The molecule has 7 rings (SSSR count). The third-order valence-electron chi connectivity index (χ3n) is 10.5. The van der Waals surface area contributed by atoms with Gasteiger partial charge in [0.25, 0.3) is 0 Å². The number of aliphatic imine (C=N–C) groups is 1. The van der Waals surface area contributed by atoms with Crippen LogP contribution in [0.4, 0.5) is 0 Å². The molecule has 1 nitrogen and oxygen atoms in total. The average Bonchev–Trinajstić information content (AvgIpc) is 3.20. The van der Waals surface area contributed by atoms with E-state index in [0.717, 1.165) is 48.9 Å². The minimum atomic E-state index is 0.252. The molecular weight excluding hydrogens is 603 g/mol. The molecule has 0 aromatic heterocycles. The molecule has 0 heterocycles. The molecule has 0 saturated carbocycles. The van der Waals surface area contributed by atoms with Crippen LogP contribution in [0.3, 0.4) is 0 Å². The van der Waals surface area contributed by atoms with Gasteiger partial charge in [-0.25, -0.2) is 0 Å². The predicted molar refractivity (Wildman–Crippen MR) is 214 cm³/mol. The lowest BCUT2D eigenvalue weighted by Gasteiger charge is -2.31. The van der Waals surface area contributed by atoms with Crippen LogP contribution in [0.25, 0.3) is 11.3 Å². The van der Waals surface area contributed by atoms with Crippen LogP contribution in [0.5, 0.6) is 0 Å². The minimum absolute atomic E-state index is 0.252. The standard InChI is InChI=1S/C49H47N/c1-3-47(50-48(42-23-14-7-15-24-42)35-36(2)37-17-8-4-9-18-37)43-31-27-38(28-32-43)39-29-33-44(34-30-39)49-45(40-19-10-5-11-20-40)25-16-26-46(49)41-21-12-6-13-22-41/h4-8,10-17,19-27,29-31,33-35,38,43,45,49H,2-3,9,18,28,32H2,1H3/b48-35-,50-47?. The number of hydrogen-bond acceptors (Lipinski definition) is 1. The van der Waals surface area contributed by atoms with Crippen LogP contribution in [0.15, 0.2) is 193 Å². The zero-order valence-corrected chi connectivity index (χ0v) is 29.2. The van der Waals surface area contributed by atoms with E-state index < -0.39 is 0 Å². The zero-order chi connectivity index (χ0) is 34.1. The Labute approximate surface area is 299 Å². The smallest absolute Gasteiger partial charge is 0.0707 e. The topological polar surface area (TPSA) is 12.4 Å². The first kappa shape index (κ1) is 33.2. The van der Waals surface area contributed by atoms with Gasteiger partial charge in [-0.3, -0.25) is 4.99 Å². The second kappa shape index (κ2) is 16.0. The lowest BCUT2D eigenvalue weighted by Crippen LogP contribution is -2.17. The summed E-state index contributed by atoms with van der Waals surface area (Å²) in [7, 11) is 0. The molecule has 0 spiro atoms. The van der Waals surface area contributed by atoms with Crippen molar-refractivity contribution in [2.24, 2.45) is 10.9 Å². The molecule has 0 aliphatic heterocycles. The van der Waals surface area contributed by atoms with E-state index in [0.29, 0.717) is 11.8 Å². The monoisotopic (exact) mass is 649 g/mol. The van der Waals surface area contributed by atoms with Crippen LogP contribution in [0, 0.1) is 5.92 Å². The summed E-state index contributed by atoms with van der Waals surface area (Å²) in [5.74, 6) is 1.29. The summed E-state index contributed by atoms with van der Waals surface area (Å²) in [5, 5.41) is 0. The summed E-state index contributed by atoms with van der Waals surface area (Å²) in [6, 6.07) is 41.9. The number of rotatable bonds is 10. The molecule has 0 bridgehead atoms. The highest BCUT2D eigenvalue weighted by Gasteiger charge is 2.29. The summed E-state index contributed by atoms with van der Waals surface area (Å²) < 4.78 is 0. The fourth-order valence-corrected chi connectivity index (χ4v) is 7.78. The molecule has 0 amide bonds. The Morgan fingerprint density at radius 2 is 1.42 bits per heavy atom. The highest BCUT2D eigenvalue weighted by molar-refractivity contribution is 5.93. The zero-order valence-electron chi connectivity index (χ0n) is 29.2. The van der Waals surface area contributed by atoms with Gasteiger partial charge in [-0.1, -0.05) is 177 Å². The van der Waals surface area contributed by atoms with Crippen LogP contribution < -0.4 is 0 Å². The van der Waals surface area contributed by atoms with Crippen LogP contribution in [-0.2, 0) is 0 Å². The molecule has 50 heavy (non-hydrogen) atoms. The van der Waals surface area contributed by atoms with Gasteiger partial charge in [-0.2, -0.15) is 0 Å². The maximum atomic E-state index is 5.36. The lowest BCUT2D eigenvalue weighted by molar-refractivity contribution is 0.595. The molecule has 4 aromatic rings. The van der Waals surface area contributed by atoms with Crippen molar-refractivity contribution in [2.45, 2.75) is 56.8 Å². The van der Waals surface area contributed by atoms with Gasteiger partial charge in [0.2, 0.25) is 0 Å². The molecule has 0 fully saturated rings. The van der Waals surface area contributed by atoms with Crippen molar-refractivity contribution in [3.05, 3.63) is 215 Å². The van der Waals surface area contributed by atoms with Crippen molar-refractivity contribution in [1.29, 1.82) is 0 Å². The molecule has 0 saturated heterocycles. The van der Waals surface area contributed by atoms with Crippen molar-refractivity contribution in [1.82, 2.24) is 0 Å². The van der Waals surface area contributed by atoms with Gasteiger partial charge in [-0.05, 0) is 77.2 Å². The Bertz CT molecular complexity index is 1980.